The van der Waals surface area contributed by atoms with Crippen molar-refractivity contribution < 1.29 is 17.7 Å². The van der Waals surface area contributed by atoms with Gasteiger partial charge >= 0.3 is 0 Å². The van der Waals surface area contributed by atoms with E-state index < -0.39 is 10.0 Å². The number of sulfonamides is 1. The summed E-state index contributed by atoms with van der Waals surface area (Å²) in [5.74, 6) is 1.13. The molecule has 0 amide bonds. The van der Waals surface area contributed by atoms with E-state index in [0.717, 1.165) is 11.1 Å². The summed E-state index contributed by atoms with van der Waals surface area (Å²) in [6.07, 6.45) is 0.606. The monoisotopic (exact) mass is 339 g/mol. The van der Waals surface area contributed by atoms with E-state index in [1.165, 1.54) is 18.5 Å². The third kappa shape index (κ3) is 3.53. The molecule has 0 saturated carbocycles. The lowest BCUT2D eigenvalue weighted by atomic mass is 10.1. The van der Waals surface area contributed by atoms with E-state index in [4.69, 9.17) is 9.26 Å². The third-order valence-electron chi connectivity index (χ3n) is 3.64. The Bertz CT molecular complexity index is 799. The van der Waals surface area contributed by atoms with E-state index in [1.54, 1.807) is 12.1 Å². The van der Waals surface area contributed by atoms with E-state index in [0.29, 0.717) is 23.9 Å². The van der Waals surface area contributed by atoms with Crippen LogP contribution in [0.2, 0.25) is 0 Å². The van der Waals surface area contributed by atoms with Crippen molar-refractivity contribution in [1.29, 1.82) is 0 Å². The quantitative estimate of drug-likeness (QED) is 0.801. The predicted octanol–water partition coefficient (Wildman–Crippen LogP) is 2.08. The summed E-state index contributed by atoms with van der Waals surface area (Å²) in [7, 11) is -0.798. The van der Waals surface area contributed by atoms with Crippen LogP contribution >= 0.6 is 0 Å². The van der Waals surface area contributed by atoms with Crippen molar-refractivity contribution in [2.45, 2.75) is 38.6 Å². The molecule has 2 rings (SSSR count). The van der Waals surface area contributed by atoms with Crippen LogP contribution in [-0.4, -0.2) is 37.0 Å². The molecule has 7 nitrogen and oxygen atoms in total. The van der Waals surface area contributed by atoms with Crippen LogP contribution in [0.25, 0.3) is 0 Å². The SMILES string of the molecule is CCc1nc(CN(C)S(=O)(=O)c2cc(C)c(C)cc2OC)no1. The van der Waals surface area contributed by atoms with Crippen LogP contribution in [0.5, 0.6) is 5.75 Å². The highest BCUT2D eigenvalue weighted by atomic mass is 32.2. The molecule has 23 heavy (non-hydrogen) atoms. The van der Waals surface area contributed by atoms with Gasteiger partial charge in [-0.1, -0.05) is 12.1 Å². The first-order valence-electron chi connectivity index (χ1n) is 7.22. The molecule has 1 aromatic heterocycles. The molecule has 1 aromatic carbocycles. The van der Waals surface area contributed by atoms with Crippen molar-refractivity contribution in [3.8, 4) is 5.75 Å². The van der Waals surface area contributed by atoms with E-state index in [2.05, 4.69) is 10.1 Å². The number of hydrogen-bond donors (Lipinski definition) is 0. The average Bonchev–Trinajstić information content (AvgIpc) is 2.96. The Morgan fingerprint density at radius 1 is 1.26 bits per heavy atom. The Morgan fingerprint density at radius 2 is 1.91 bits per heavy atom. The Labute approximate surface area is 136 Å². The lowest BCUT2D eigenvalue weighted by Crippen LogP contribution is -2.27. The fourth-order valence-electron chi connectivity index (χ4n) is 2.07. The normalized spacial score (nSPS) is 11.9. The minimum Gasteiger partial charge on any atom is -0.495 e. The van der Waals surface area contributed by atoms with Gasteiger partial charge in [0.15, 0.2) is 5.82 Å². The van der Waals surface area contributed by atoms with E-state index in [-0.39, 0.29) is 11.4 Å². The molecule has 2 aromatic rings. The molecule has 0 saturated heterocycles. The first-order valence-corrected chi connectivity index (χ1v) is 8.66. The van der Waals surface area contributed by atoms with Gasteiger partial charge in [-0.25, -0.2) is 8.42 Å². The van der Waals surface area contributed by atoms with Crippen LogP contribution in [0.3, 0.4) is 0 Å². The second kappa shape index (κ2) is 6.67. The molecule has 8 heteroatoms. The van der Waals surface area contributed by atoms with Gasteiger partial charge in [0.05, 0.1) is 13.7 Å². The van der Waals surface area contributed by atoms with Gasteiger partial charge < -0.3 is 9.26 Å². The molecule has 0 unspecified atom stereocenters. The largest absolute Gasteiger partial charge is 0.495 e. The number of hydrogen-bond acceptors (Lipinski definition) is 6. The highest BCUT2D eigenvalue weighted by Crippen LogP contribution is 2.29. The number of aryl methyl sites for hydroxylation is 3. The van der Waals surface area contributed by atoms with Gasteiger partial charge in [0.25, 0.3) is 0 Å². The molecule has 126 valence electrons. The fourth-order valence-corrected chi connectivity index (χ4v) is 3.42. The Morgan fingerprint density at radius 3 is 2.48 bits per heavy atom. The Kier molecular flexibility index (Phi) is 5.06. The van der Waals surface area contributed by atoms with Crippen molar-refractivity contribution in [2.24, 2.45) is 0 Å². The van der Waals surface area contributed by atoms with Gasteiger partial charge in [-0.15, -0.1) is 0 Å². The van der Waals surface area contributed by atoms with Gasteiger partial charge in [-0.05, 0) is 37.1 Å². The van der Waals surface area contributed by atoms with Crippen molar-refractivity contribution in [2.75, 3.05) is 14.2 Å². The topological polar surface area (TPSA) is 85.5 Å². The molecular formula is C15H21N3O4S. The number of aromatic nitrogens is 2. The zero-order valence-corrected chi connectivity index (χ0v) is 14.8. The number of rotatable bonds is 6. The molecule has 0 bridgehead atoms. The minimum atomic E-state index is -3.73. The summed E-state index contributed by atoms with van der Waals surface area (Å²) in [5.41, 5.74) is 1.85. The molecule has 0 fully saturated rings. The summed E-state index contributed by atoms with van der Waals surface area (Å²) < 4.78 is 37.1. The second-order valence-corrected chi connectivity index (χ2v) is 7.32. The molecule has 0 radical (unpaired) electrons. The minimum absolute atomic E-state index is 0.0297. The van der Waals surface area contributed by atoms with Gasteiger partial charge in [0, 0.05) is 13.5 Å². The summed E-state index contributed by atoms with van der Waals surface area (Å²) >= 11 is 0. The summed E-state index contributed by atoms with van der Waals surface area (Å²) in [4.78, 5) is 4.26. The second-order valence-electron chi connectivity index (χ2n) is 5.31. The number of benzene rings is 1. The van der Waals surface area contributed by atoms with E-state index in [1.807, 2.05) is 20.8 Å². The first kappa shape index (κ1) is 17.4. The number of ether oxygens (including phenoxy) is 1. The smallest absolute Gasteiger partial charge is 0.246 e. The van der Waals surface area contributed by atoms with E-state index >= 15 is 0 Å². The highest BCUT2D eigenvalue weighted by Gasteiger charge is 2.27. The maximum absolute atomic E-state index is 12.8. The molecule has 0 atom stereocenters. The standard InChI is InChI=1S/C15H21N3O4S/c1-6-15-16-14(17-22-15)9-18(4)23(19,20)13-8-11(3)10(2)7-12(13)21-5/h7-8H,6,9H2,1-5H3. The molecule has 0 spiro atoms. The maximum Gasteiger partial charge on any atom is 0.246 e. The maximum atomic E-state index is 12.8. The van der Waals surface area contributed by atoms with Crippen molar-refractivity contribution in [1.82, 2.24) is 14.4 Å². The molecule has 0 aliphatic rings. The van der Waals surface area contributed by atoms with Crippen LogP contribution in [0.1, 0.15) is 29.8 Å². The Balaban J connectivity index is 2.35. The highest BCUT2D eigenvalue weighted by molar-refractivity contribution is 7.89. The van der Waals surface area contributed by atoms with Gasteiger partial charge in [0.1, 0.15) is 10.6 Å². The molecule has 1 heterocycles. The van der Waals surface area contributed by atoms with E-state index in [9.17, 15) is 8.42 Å². The molecular weight excluding hydrogens is 318 g/mol. The van der Waals surface area contributed by atoms with Crippen molar-refractivity contribution in [3.05, 3.63) is 35.0 Å². The molecule has 0 N–H and O–H groups in total. The fraction of sp³-hybridized carbons (Fsp3) is 0.467. The molecule has 0 aliphatic carbocycles. The lowest BCUT2D eigenvalue weighted by molar-refractivity contribution is 0.367. The van der Waals surface area contributed by atoms with Gasteiger partial charge in [-0.3, -0.25) is 0 Å². The predicted molar refractivity (Wildman–Crippen MR) is 84.8 cm³/mol. The van der Waals surface area contributed by atoms with Crippen molar-refractivity contribution >= 4 is 10.0 Å². The summed E-state index contributed by atoms with van der Waals surface area (Å²) in [6.45, 7) is 5.68. The Hall–Kier alpha value is -1.93. The zero-order chi connectivity index (χ0) is 17.2. The zero-order valence-electron chi connectivity index (χ0n) is 14.0. The average molecular weight is 339 g/mol. The number of nitrogens with zero attached hydrogens (tertiary/aromatic N) is 3. The van der Waals surface area contributed by atoms with Gasteiger partial charge in [0.2, 0.25) is 15.9 Å². The van der Waals surface area contributed by atoms with Crippen LogP contribution in [-0.2, 0) is 23.0 Å². The van der Waals surface area contributed by atoms with Gasteiger partial charge in [-0.2, -0.15) is 9.29 Å². The summed E-state index contributed by atoms with van der Waals surface area (Å²) in [5, 5.41) is 3.78. The summed E-state index contributed by atoms with van der Waals surface area (Å²) in [6, 6.07) is 3.34. The van der Waals surface area contributed by atoms with Crippen LogP contribution in [0.15, 0.2) is 21.6 Å². The third-order valence-corrected chi connectivity index (χ3v) is 5.47. The van der Waals surface area contributed by atoms with Crippen molar-refractivity contribution in [3.63, 3.8) is 0 Å². The first-order chi connectivity index (χ1) is 10.8. The van der Waals surface area contributed by atoms with Crippen LogP contribution < -0.4 is 4.74 Å². The van der Waals surface area contributed by atoms with Crippen LogP contribution in [0.4, 0.5) is 0 Å². The molecule has 0 aliphatic heterocycles. The lowest BCUT2D eigenvalue weighted by Gasteiger charge is -2.18. The van der Waals surface area contributed by atoms with Crippen LogP contribution in [0, 0.1) is 13.8 Å². The number of methoxy groups -OCH3 is 1.